The summed E-state index contributed by atoms with van der Waals surface area (Å²) in [5, 5.41) is 0. The van der Waals surface area contributed by atoms with Crippen LogP contribution in [0.3, 0.4) is 0 Å². The lowest BCUT2D eigenvalue weighted by Crippen LogP contribution is -2.46. The standard InChI is InChI=1S/C14H18N4OS/c1-19-13-4-2-3-12(9-13)11-17-5-7-18(8-6-17)14-10-15-20-16-14/h2-4,9-10H,5-8,11H2,1H3. The fraction of sp³-hybridized carbons (Fsp3) is 0.429. The van der Waals surface area contributed by atoms with E-state index >= 15 is 0 Å². The van der Waals surface area contributed by atoms with E-state index in [1.165, 1.54) is 17.3 Å². The van der Waals surface area contributed by atoms with Gasteiger partial charge in [0.2, 0.25) is 0 Å². The number of ether oxygens (including phenoxy) is 1. The first-order valence-electron chi connectivity index (χ1n) is 6.73. The van der Waals surface area contributed by atoms with Crippen molar-refractivity contribution in [2.75, 3.05) is 38.2 Å². The molecule has 106 valence electrons. The highest BCUT2D eigenvalue weighted by molar-refractivity contribution is 6.99. The van der Waals surface area contributed by atoms with Gasteiger partial charge in [0.25, 0.3) is 0 Å². The minimum atomic E-state index is 0.926. The fourth-order valence-electron chi connectivity index (χ4n) is 2.46. The molecule has 0 atom stereocenters. The number of methoxy groups -OCH3 is 1. The van der Waals surface area contributed by atoms with E-state index in [9.17, 15) is 0 Å². The van der Waals surface area contributed by atoms with Crippen LogP contribution in [0.1, 0.15) is 5.56 Å². The Labute approximate surface area is 123 Å². The van der Waals surface area contributed by atoms with Crippen molar-refractivity contribution in [2.24, 2.45) is 0 Å². The van der Waals surface area contributed by atoms with Crippen LogP contribution in [-0.4, -0.2) is 46.9 Å². The number of nitrogens with zero attached hydrogens (tertiary/aromatic N) is 4. The van der Waals surface area contributed by atoms with E-state index in [2.05, 4.69) is 30.7 Å². The summed E-state index contributed by atoms with van der Waals surface area (Å²) < 4.78 is 13.6. The highest BCUT2D eigenvalue weighted by Gasteiger charge is 2.18. The topological polar surface area (TPSA) is 41.5 Å². The Hall–Kier alpha value is -1.66. The maximum Gasteiger partial charge on any atom is 0.162 e. The molecular formula is C14H18N4OS. The van der Waals surface area contributed by atoms with Gasteiger partial charge in [0.05, 0.1) is 25.0 Å². The molecule has 0 radical (unpaired) electrons. The molecule has 3 rings (SSSR count). The van der Waals surface area contributed by atoms with Crippen LogP contribution in [0.5, 0.6) is 5.75 Å². The monoisotopic (exact) mass is 290 g/mol. The van der Waals surface area contributed by atoms with Gasteiger partial charge in [-0.2, -0.15) is 8.75 Å². The van der Waals surface area contributed by atoms with Gasteiger partial charge in [-0.3, -0.25) is 4.90 Å². The van der Waals surface area contributed by atoms with Gasteiger partial charge in [-0.05, 0) is 17.7 Å². The van der Waals surface area contributed by atoms with Gasteiger partial charge in [-0.1, -0.05) is 12.1 Å². The molecule has 0 unspecified atom stereocenters. The first kappa shape index (κ1) is 13.3. The van der Waals surface area contributed by atoms with Gasteiger partial charge in [0, 0.05) is 32.7 Å². The van der Waals surface area contributed by atoms with Crippen LogP contribution in [-0.2, 0) is 6.54 Å². The zero-order chi connectivity index (χ0) is 13.8. The summed E-state index contributed by atoms with van der Waals surface area (Å²) in [6.07, 6.45) is 1.85. The maximum atomic E-state index is 5.27. The molecule has 1 saturated heterocycles. The predicted molar refractivity (Wildman–Crippen MR) is 80.4 cm³/mol. The highest BCUT2D eigenvalue weighted by Crippen LogP contribution is 2.17. The lowest BCUT2D eigenvalue weighted by atomic mass is 10.2. The molecule has 1 aromatic carbocycles. The molecule has 1 fully saturated rings. The molecule has 6 heteroatoms. The Kier molecular flexibility index (Phi) is 4.13. The Morgan fingerprint density at radius 3 is 2.80 bits per heavy atom. The van der Waals surface area contributed by atoms with Gasteiger partial charge < -0.3 is 9.64 Å². The molecule has 2 aromatic rings. The quantitative estimate of drug-likeness (QED) is 0.860. The predicted octanol–water partition coefficient (Wildman–Crippen LogP) is 1.87. The maximum absolute atomic E-state index is 5.27. The van der Waals surface area contributed by atoms with Crippen LogP contribution < -0.4 is 9.64 Å². The van der Waals surface area contributed by atoms with E-state index in [-0.39, 0.29) is 0 Å². The van der Waals surface area contributed by atoms with E-state index < -0.39 is 0 Å². The highest BCUT2D eigenvalue weighted by atomic mass is 32.1. The number of aromatic nitrogens is 2. The van der Waals surface area contributed by atoms with Gasteiger partial charge in [0.15, 0.2) is 5.82 Å². The van der Waals surface area contributed by atoms with Crippen LogP contribution in [0.15, 0.2) is 30.5 Å². The number of hydrogen-bond acceptors (Lipinski definition) is 6. The lowest BCUT2D eigenvalue weighted by Gasteiger charge is -2.34. The average molecular weight is 290 g/mol. The summed E-state index contributed by atoms with van der Waals surface area (Å²) in [7, 11) is 1.71. The molecular weight excluding hydrogens is 272 g/mol. The van der Waals surface area contributed by atoms with Crippen LogP contribution >= 0.6 is 11.7 Å². The first-order valence-corrected chi connectivity index (χ1v) is 7.46. The summed E-state index contributed by atoms with van der Waals surface area (Å²) in [5.74, 6) is 1.94. The zero-order valence-corrected chi connectivity index (χ0v) is 12.3. The third-order valence-corrected chi connectivity index (χ3v) is 4.05. The minimum absolute atomic E-state index is 0.926. The van der Waals surface area contributed by atoms with Crippen molar-refractivity contribution in [2.45, 2.75) is 6.54 Å². The van der Waals surface area contributed by atoms with Crippen molar-refractivity contribution >= 4 is 17.5 Å². The minimum Gasteiger partial charge on any atom is -0.497 e. The molecule has 1 aliphatic rings. The summed E-state index contributed by atoms with van der Waals surface area (Å²) in [5.41, 5.74) is 1.30. The van der Waals surface area contributed by atoms with E-state index in [1.807, 2.05) is 18.3 Å². The summed E-state index contributed by atoms with van der Waals surface area (Å²) in [6, 6.07) is 8.29. The van der Waals surface area contributed by atoms with E-state index in [4.69, 9.17) is 4.74 Å². The first-order chi connectivity index (χ1) is 9.85. The molecule has 2 heterocycles. The second kappa shape index (κ2) is 6.19. The average Bonchev–Trinajstić information content (AvgIpc) is 3.02. The summed E-state index contributed by atoms with van der Waals surface area (Å²) in [6.45, 7) is 5.09. The third-order valence-electron chi connectivity index (χ3n) is 3.59. The molecule has 20 heavy (non-hydrogen) atoms. The van der Waals surface area contributed by atoms with Gasteiger partial charge in [-0.15, -0.1) is 0 Å². The van der Waals surface area contributed by atoms with Crippen molar-refractivity contribution in [3.05, 3.63) is 36.0 Å². The van der Waals surface area contributed by atoms with E-state index in [1.54, 1.807) is 7.11 Å². The lowest BCUT2D eigenvalue weighted by molar-refractivity contribution is 0.249. The SMILES string of the molecule is COc1cccc(CN2CCN(c3cnsn3)CC2)c1. The molecule has 1 aliphatic heterocycles. The van der Waals surface area contributed by atoms with Crippen LogP contribution in [0.2, 0.25) is 0 Å². The number of rotatable bonds is 4. The van der Waals surface area contributed by atoms with E-state index in [0.29, 0.717) is 0 Å². The third kappa shape index (κ3) is 3.08. The normalized spacial score (nSPS) is 16.4. The molecule has 0 saturated carbocycles. The molecule has 0 N–H and O–H groups in total. The number of benzene rings is 1. The summed E-state index contributed by atoms with van der Waals surface area (Å²) in [4.78, 5) is 4.76. The summed E-state index contributed by atoms with van der Waals surface area (Å²) >= 11 is 1.27. The van der Waals surface area contributed by atoms with Crippen molar-refractivity contribution in [3.63, 3.8) is 0 Å². The van der Waals surface area contributed by atoms with Gasteiger partial charge in [0.1, 0.15) is 5.75 Å². The molecule has 0 amide bonds. The van der Waals surface area contributed by atoms with Crippen LogP contribution in [0.4, 0.5) is 5.82 Å². The molecule has 5 nitrogen and oxygen atoms in total. The number of hydrogen-bond donors (Lipinski definition) is 0. The second-order valence-corrected chi connectivity index (χ2v) is 5.44. The Bertz CT molecular complexity index is 538. The van der Waals surface area contributed by atoms with Gasteiger partial charge in [-0.25, -0.2) is 0 Å². The number of anilines is 1. The Balaban J connectivity index is 1.55. The Morgan fingerprint density at radius 1 is 1.25 bits per heavy atom. The van der Waals surface area contributed by atoms with Crippen molar-refractivity contribution in [1.82, 2.24) is 13.6 Å². The molecule has 0 spiro atoms. The van der Waals surface area contributed by atoms with Crippen molar-refractivity contribution in [3.8, 4) is 5.75 Å². The fourth-order valence-corrected chi connectivity index (χ4v) is 2.90. The number of piperazine rings is 1. The molecule has 1 aromatic heterocycles. The van der Waals surface area contributed by atoms with Gasteiger partial charge >= 0.3 is 0 Å². The van der Waals surface area contributed by atoms with Crippen LogP contribution in [0, 0.1) is 0 Å². The van der Waals surface area contributed by atoms with Crippen LogP contribution in [0.25, 0.3) is 0 Å². The molecule has 0 bridgehead atoms. The zero-order valence-electron chi connectivity index (χ0n) is 11.5. The Morgan fingerprint density at radius 2 is 2.10 bits per heavy atom. The molecule has 0 aliphatic carbocycles. The smallest absolute Gasteiger partial charge is 0.162 e. The van der Waals surface area contributed by atoms with Crippen molar-refractivity contribution < 1.29 is 4.74 Å². The van der Waals surface area contributed by atoms with E-state index in [0.717, 1.165) is 44.3 Å². The largest absolute Gasteiger partial charge is 0.497 e. The second-order valence-electron chi connectivity index (χ2n) is 4.88. The van der Waals surface area contributed by atoms with Crippen molar-refractivity contribution in [1.29, 1.82) is 0 Å².